The van der Waals surface area contributed by atoms with Gasteiger partial charge < -0.3 is 5.32 Å². The molecule has 1 saturated carbocycles. The molecule has 3 N–H and O–H groups in total. The molecular formula is C19H17F3N4O4. The number of nitrogens with zero attached hydrogens (tertiary/aromatic N) is 1. The van der Waals surface area contributed by atoms with Gasteiger partial charge in [0, 0.05) is 23.2 Å². The number of amides is 2. The highest BCUT2D eigenvalue weighted by Crippen LogP contribution is 2.38. The number of hydrogen-bond acceptors (Lipinski definition) is 5. The molecule has 1 fully saturated rings. The third-order valence-electron chi connectivity index (χ3n) is 4.69. The van der Waals surface area contributed by atoms with Gasteiger partial charge in [0.1, 0.15) is 5.69 Å². The number of benzene rings is 2. The maximum Gasteiger partial charge on any atom is 0.416 e. The van der Waals surface area contributed by atoms with E-state index in [4.69, 9.17) is 0 Å². The fraction of sp³-hybridized carbons (Fsp3) is 0.263. The van der Waals surface area contributed by atoms with Crippen molar-refractivity contribution in [1.82, 2.24) is 5.43 Å². The minimum atomic E-state index is -4.73. The lowest BCUT2D eigenvalue weighted by molar-refractivity contribution is -0.384. The Morgan fingerprint density at radius 3 is 2.30 bits per heavy atom. The minimum Gasteiger partial charge on any atom is -0.326 e. The number of rotatable bonds is 6. The molecule has 30 heavy (non-hydrogen) atoms. The van der Waals surface area contributed by atoms with Crippen LogP contribution in [0, 0.1) is 22.0 Å². The highest BCUT2D eigenvalue weighted by Gasteiger charge is 2.39. The number of nitrogens with one attached hydrogen (secondary N) is 3. The number of hydrogen-bond donors (Lipinski definition) is 3. The number of anilines is 2. The van der Waals surface area contributed by atoms with E-state index in [1.54, 1.807) is 0 Å². The summed E-state index contributed by atoms with van der Waals surface area (Å²) in [4.78, 5) is 34.2. The number of nitro groups is 1. The summed E-state index contributed by atoms with van der Waals surface area (Å²) in [5, 5.41) is 13.8. The summed E-state index contributed by atoms with van der Waals surface area (Å²) in [6.07, 6.45) is -3.89. The van der Waals surface area contributed by atoms with Gasteiger partial charge in [-0.3, -0.25) is 30.6 Å². The summed E-state index contributed by atoms with van der Waals surface area (Å²) < 4.78 is 38.2. The number of carbonyl (C=O) groups is 2. The van der Waals surface area contributed by atoms with Gasteiger partial charge in [-0.05, 0) is 48.7 Å². The molecule has 1 aliphatic carbocycles. The van der Waals surface area contributed by atoms with Crippen LogP contribution in [0.2, 0.25) is 0 Å². The molecule has 0 heterocycles. The van der Waals surface area contributed by atoms with Gasteiger partial charge in [-0.1, -0.05) is 6.92 Å². The van der Waals surface area contributed by atoms with Crippen LogP contribution < -0.4 is 16.2 Å². The van der Waals surface area contributed by atoms with Gasteiger partial charge in [0.2, 0.25) is 5.91 Å². The summed E-state index contributed by atoms with van der Waals surface area (Å²) in [6, 6.07) is 7.83. The average molecular weight is 422 g/mol. The standard InChI is InChI=1S/C19H17F3N4O4/c1-10-8-14(10)18(28)23-13-5-2-11(3-6-13)17(27)25-24-15-7-4-12(19(20,21)22)9-16(15)26(29)30/h2-7,9-10,14,24H,8H2,1H3,(H,23,28)(H,25,27). The van der Waals surface area contributed by atoms with Gasteiger partial charge in [0.15, 0.2) is 0 Å². The molecule has 11 heteroatoms. The summed E-state index contributed by atoms with van der Waals surface area (Å²) in [6.45, 7) is 1.98. The summed E-state index contributed by atoms with van der Waals surface area (Å²) in [7, 11) is 0. The summed E-state index contributed by atoms with van der Waals surface area (Å²) in [5.74, 6) is -0.402. The Labute approximate surface area is 168 Å². The van der Waals surface area contributed by atoms with E-state index in [9.17, 15) is 32.9 Å². The van der Waals surface area contributed by atoms with E-state index in [1.165, 1.54) is 24.3 Å². The van der Waals surface area contributed by atoms with Gasteiger partial charge in [0.05, 0.1) is 10.5 Å². The van der Waals surface area contributed by atoms with E-state index in [1.807, 2.05) is 6.92 Å². The smallest absolute Gasteiger partial charge is 0.326 e. The Kier molecular flexibility index (Phi) is 5.63. The molecule has 0 radical (unpaired) electrons. The first kappa shape index (κ1) is 21.1. The summed E-state index contributed by atoms with van der Waals surface area (Å²) >= 11 is 0. The van der Waals surface area contributed by atoms with Crippen molar-refractivity contribution in [3.63, 3.8) is 0 Å². The first-order valence-corrected chi connectivity index (χ1v) is 8.89. The number of carbonyl (C=O) groups excluding carboxylic acids is 2. The van der Waals surface area contributed by atoms with Crippen LogP contribution in [-0.2, 0) is 11.0 Å². The molecule has 2 unspecified atom stereocenters. The highest BCUT2D eigenvalue weighted by atomic mass is 19.4. The van der Waals surface area contributed by atoms with Crippen molar-refractivity contribution < 1.29 is 27.7 Å². The van der Waals surface area contributed by atoms with E-state index >= 15 is 0 Å². The van der Waals surface area contributed by atoms with Crippen LogP contribution in [0.15, 0.2) is 42.5 Å². The Balaban J connectivity index is 1.64. The van der Waals surface area contributed by atoms with Crippen molar-refractivity contribution >= 4 is 28.9 Å². The van der Waals surface area contributed by atoms with Crippen LogP contribution >= 0.6 is 0 Å². The summed E-state index contributed by atoms with van der Waals surface area (Å²) in [5.41, 5.74) is 2.85. The monoisotopic (exact) mass is 422 g/mol. The fourth-order valence-electron chi connectivity index (χ4n) is 2.79. The third kappa shape index (κ3) is 4.85. The highest BCUT2D eigenvalue weighted by molar-refractivity contribution is 5.97. The van der Waals surface area contributed by atoms with Crippen LogP contribution in [-0.4, -0.2) is 16.7 Å². The molecule has 2 atom stereocenters. The zero-order valence-electron chi connectivity index (χ0n) is 15.6. The fourth-order valence-corrected chi connectivity index (χ4v) is 2.79. The number of alkyl halides is 3. The lowest BCUT2D eigenvalue weighted by Gasteiger charge is -2.12. The molecule has 0 bridgehead atoms. The van der Waals surface area contributed by atoms with Crippen molar-refractivity contribution in [2.24, 2.45) is 11.8 Å². The van der Waals surface area contributed by atoms with Crippen molar-refractivity contribution in [3.05, 3.63) is 63.7 Å². The van der Waals surface area contributed by atoms with Crippen molar-refractivity contribution in [2.45, 2.75) is 19.5 Å². The quantitative estimate of drug-likeness (QED) is 0.482. The second kappa shape index (κ2) is 8.01. The minimum absolute atomic E-state index is 0.00306. The van der Waals surface area contributed by atoms with Crippen molar-refractivity contribution in [3.8, 4) is 0 Å². The van der Waals surface area contributed by atoms with E-state index < -0.39 is 28.3 Å². The second-order valence-electron chi connectivity index (χ2n) is 6.95. The van der Waals surface area contributed by atoms with E-state index in [-0.39, 0.29) is 23.1 Å². The van der Waals surface area contributed by atoms with Gasteiger partial charge in [-0.15, -0.1) is 0 Å². The van der Waals surface area contributed by atoms with Crippen LogP contribution in [0.5, 0.6) is 0 Å². The molecule has 1 aliphatic rings. The molecule has 158 valence electrons. The van der Waals surface area contributed by atoms with Gasteiger partial charge >= 0.3 is 6.18 Å². The maximum absolute atomic E-state index is 12.7. The maximum atomic E-state index is 12.7. The van der Waals surface area contributed by atoms with Gasteiger partial charge in [-0.25, -0.2) is 0 Å². The Bertz CT molecular complexity index is 992. The average Bonchev–Trinajstić information content (AvgIpc) is 3.42. The molecule has 8 nitrogen and oxygen atoms in total. The molecule has 0 saturated heterocycles. The van der Waals surface area contributed by atoms with Crippen LogP contribution in [0.4, 0.5) is 30.2 Å². The van der Waals surface area contributed by atoms with Gasteiger partial charge in [0.25, 0.3) is 11.6 Å². The molecule has 3 rings (SSSR count). The van der Waals surface area contributed by atoms with Crippen LogP contribution in [0.3, 0.4) is 0 Å². The van der Waals surface area contributed by atoms with Crippen LogP contribution in [0.25, 0.3) is 0 Å². The third-order valence-corrected chi connectivity index (χ3v) is 4.69. The molecule has 0 spiro atoms. The Morgan fingerprint density at radius 2 is 1.77 bits per heavy atom. The number of nitro benzene ring substituents is 1. The lowest BCUT2D eigenvalue weighted by atomic mass is 10.1. The lowest BCUT2D eigenvalue weighted by Crippen LogP contribution is -2.29. The predicted octanol–water partition coefficient (Wildman–Crippen LogP) is 3.97. The number of hydrazine groups is 1. The Hall–Kier alpha value is -3.63. The molecule has 2 aromatic rings. The van der Waals surface area contributed by atoms with E-state index in [0.717, 1.165) is 12.5 Å². The zero-order valence-corrected chi connectivity index (χ0v) is 15.6. The molecule has 0 aromatic heterocycles. The SMILES string of the molecule is CC1CC1C(=O)Nc1ccc(C(=O)NNc2ccc(C(F)(F)F)cc2[N+](=O)[O-])cc1. The molecule has 2 aromatic carbocycles. The van der Waals surface area contributed by atoms with Crippen molar-refractivity contribution in [2.75, 3.05) is 10.7 Å². The molecule has 2 amide bonds. The Morgan fingerprint density at radius 1 is 1.13 bits per heavy atom. The van der Waals surface area contributed by atoms with Crippen LogP contribution in [0.1, 0.15) is 29.3 Å². The topological polar surface area (TPSA) is 113 Å². The zero-order chi connectivity index (χ0) is 22.1. The predicted molar refractivity (Wildman–Crippen MR) is 102 cm³/mol. The van der Waals surface area contributed by atoms with E-state index in [2.05, 4.69) is 16.2 Å². The molecular weight excluding hydrogens is 405 g/mol. The molecule has 0 aliphatic heterocycles. The normalized spacial score (nSPS) is 17.7. The first-order valence-electron chi connectivity index (χ1n) is 8.89. The largest absolute Gasteiger partial charge is 0.416 e. The second-order valence-corrected chi connectivity index (χ2v) is 6.95. The first-order chi connectivity index (χ1) is 14.1. The van der Waals surface area contributed by atoms with Crippen molar-refractivity contribution in [1.29, 1.82) is 0 Å². The van der Waals surface area contributed by atoms with Gasteiger partial charge in [-0.2, -0.15) is 13.2 Å². The number of halogens is 3. The van der Waals surface area contributed by atoms with E-state index in [0.29, 0.717) is 23.7 Å².